The summed E-state index contributed by atoms with van der Waals surface area (Å²) in [5, 5.41) is 0. The second-order valence-corrected chi connectivity index (χ2v) is 5.89. The number of piperidine rings is 1. The quantitative estimate of drug-likeness (QED) is 0.813. The van der Waals surface area contributed by atoms with Crippen molar-refractivity contribution < 1.29 is 9.53 Å². The molecule has 1 fully saturated rings. The molecule has 4 heteroatoms. The number of nitrogens with zero attached hydrogens (tertiary/aromatic N) is 1. The minimum absolute atomic E-state index is 0.0911. The zero-order chi connectivity index (χ0) is 15.1. The van der Waals surface area contributed by atoms with Crippen molar-refractivity contribution in [2.45, 2.75) is 32.2 Å². The average Bonchev–Trinajstić information content (AvgIpc) is 2.52. The molecule has 1 aliphatic rings. The van der Waals surface area contributed by atoms with Crippen LogP contribution >= 0.6 is 0 Å². The first-order valence-corrected chi connectivity index (χ1v) is 7.82. The topological polar surface area (TPSA) is 55.6 Å². The third-order valence-electron chi connectivity index (χ3n) is 4.16. The summed E-state index contributed by atoms with van der Waals surface area (Å²) >= 11 is 0. The van der Waals surface area contributed by atoms with Crippen LogP contribution in [0.15, 0.2) is 30.3 Å². The fraction of sp³-hybridized carbons (Fsp3) is 0.588. The number of likely N-dealkylation sites (tertiary alicyclic amines) is 1. The monoisotopic (exact) mass is 290 g/mol. The summed E-state index contributed by atoms with van der Waals surface area (Å²) in [5.74, 6) is 0.514. The fourth-order valence-corrected chi connectivity index (χ4v) is 2.75. The van der Waals surface area contributed by atoms with Crippen molar-refractivity contribution in [3.8, 4) is 0 Å². The molecule has 0 radical (unpaired) electrons. The van der Waals surface area contributed by atoms with E-state index in [-0.39, 0.29) is 18.6 Å². The van der Waals surface area contributed by atoms with Crippen LogP contribution in [0.4, 0.5) is 0 Å². The minimum Gasteiger partial charge on any atom is -0.371 e. The maximum Gasteiger partial charge on any atom is 0.248 e. The van der Waals surface area contributed by atoms with Gasteiger partial charge >= 0.3 is 0 Å². The van der Waals surface area contributed by atoms with E-state index in [2.05, 4.69) is 12.1 Å². The van der Waals surface area contributed by atoms with Gasteiger partial charge in [-0.25, -0.2) is 0 Å². The first kappa shape index (κ1) is 16.0. The van der Waals surface area contributed by atoms with Crippen LogP contribution in [-0.2, 0) is 16.0 Å². The van der Waals surface area contributed by atoms with Crippen LogP contribution in [-0.4, -0.2) is 43.2 Å². The number of hydrogen-bond acceptors (Lipinski definition) is 3. The van der Waals surface area contributed by atoms with E-state index in [1.54, 1.807) is 0 Å². The normalized spacial score (nSPS) is 20.3. The van der Waals surface area contributed by atoms with Gasteiger partial charge in [-0.3, -0.25) is 4.79 Å². The van der Waals surface area contributed by atoms with Crippen molar-refractivity contribution in [1.29, 1.82) is 0 Å². The lowest BCUT2D eigenvalue weighted by atomic mass is 9.92. The van der Waals surface area contributed by atoms with Gasteiger partial charge in [-0.2, -0.15) is 0 Å². The van der Waals surface area contributed by atoms with Crippen LogP contribution in [0.3, 0.4) is 0 Å². The lowest BCUT2D eigenvalue weighted by Crippen LogP contribution is -2.46. The molecule has 1 aromatic rings. The van der Waals surface area contributed by atoms with Crippen LogP contribution < -0.4 is 5.73 Å². The summed E-state index contributed by atoms with van der Waals surface area (Å²) < 4.78 is 5.53. The number of rotatable bonds is 6. The highest BCUT2D eigenvalue weighted by Crippen LogP contribution is 2.18. The molecule has 4 nitrogen and oxygen atoms in total. The van der Waals surface area contributed by atoms with E-state index in [1.165, 1.54) is 5.56 Å². The lowest BCUT2D eigenvalue weighted by molar-refractivity contribution is -0.138. The highest BCUT2D eigenvalue weighted by molar-refractivity contribution is 5.77. The van der Waals surface area contributed by atoms with Crippen LogP contribution in [0.25, 0.3) is 0 Å². The van der Waals surface area contributed by atoms with Gasteiger partial charge in [0.05, 0.1) is 6.61 Å². The van der Waals surface area contributed by atoms with Gasteiger partial charge in [0, 0.05) is 19.1 Å². The molecular weight excluding hydrogens is 264 g/mol. The number of carbonyl (C=O) groups excluding carboxylic acids is 1. The number of carbonyl (C=O) groups is 1. The zero-order valence-electron chi connectivity index (χ0n) is 12.8. The molecule has 0 spiro atoms. The highest BCUT2D eigenvalue weighted by atomic mass is 16.5. The summed E-state index contributed by atoms with van der Waals surface area (Å²) in [6.45, 7) is 4.40. The van der Waals surface area contributed by atoms with Crippen LogP contribution in [0.1, 0.15) is 25.3 Å². The van der Waals surface area contributed by atoms with E-state index < -0.39 is 0 Å². The highest BCUT2D eigenvalue weighted by Gasteiger charge is 2.25. The lowest BCUT2D eigenvalue weighted by Gasteiger charge is -2.34. The summed E-state index contributed by atoms with van der Waals surface area (Å²) in [4.78, 5) is 14.0. The molecule has 2 unspecified atom stereocenters. The Morgan fingerprint density at radius 3 is 2.90 bits per heavy atom. The molecule has 0 bridgehead atoms. The van der Waals surface area contributed by atoms with Gasteiger partial charge in [0.1, 0.15) is 6.61 Å². The standard InChI is InChI=1S/C17H26N2O2/c1-14(18)16-8-5-10-19(12-16)17(20)13-21-11-9-15-6-3-2-4-7-15/h2-4,6-7,14,16H,5,8-13,18H2,1H3. The second-order valence-electron chi connectivity index (χ2n) is 5.89. The Labute approximate surface area is 127 Å². The van der Waals surface area contributed by atoms with Crippen LogP contribution in [0, 0.1) is 5.92 Å². The minimum atomic E-state index is 0.0911. The molecule has 116 valence electrons. The van der Waals surface area contributed by atoms with Crippen molar-refractivity contribution in [2.24, 2.45) is 11.7 Å². The van der Waals surface area contributed by atoms with E-state index in [1.807, 2.05) is 30.0 Å². The Hall–Kier alpha value is -1.39. The molecule has 1 heterocycles. The smallest absolute Gasteiger partial charge is 0.248 e. The molecule has 1 saturated heterocycles. The number of benzene rings is 1. The Bertz CT molecular complexity index is 434. The molecule has 0 aliphatic carbocycles. The summed E-state index contributed by atoms with van der Waals surface area (Å²) in [7, 11) is 0. The van der Waals surface area contributed by atoms with Gasteiger partial charge in [-0.1, -0.05) is 30.3 Å². The molecule has 2 N–H and O–H groups in total. The Kier molecular flexibility index (Phi) is 6.21. The zero-order valence-corrected chi connectivity index (χ0v) is 12.8. The summed E-state index contributed by atoms with van der Waals surface area (Å²) in [6, 6.07) is 10.3. The van der Waals surface area contributed by atoms with Crippen LogP contribution in [0.2, 0.25) is 0 Å². The molecule has 1 amide bonds. The largest absolute Gasteiger partial charge is 0.371 e. The predicted octanol–water partition coefficient (Wildman–Crippen LogP) is 1.83. The molecular formula is C17H26N2O2. The number of nitrogens with two attached hydrogens (primary N) is 1. The van der Waals surface area contributed by atoms with Crippen molar-refractivity contribution in [1.82, 2.24) is 4.90 Å². The Balaban J connectivity index is 1.67. The van der Waals surface area contributed by atoms with E-state index in [4.69, 9.17) is 10.5 Å². The van der Waals surface area contributed by atoms with Gasteiger partial charge in [0.25, 0.3) is 0 Å². The van der Waals surface area contributed by atoms with E-state index in [0.717, 1.165) is 32.4 Å². The molecule has 1 aromatic carbocycles. The SMILES string of the molecule is CC(N)C1CCCN(C(=O)COCCc2ccccc2)C1. The fourth-order valence-electron chi connectivity index (χ4n) is 2.75. The van der Waals surface area contributed by atoms with Crippen molar-refractivity contribution in [2.75, 3.05) is 26.3 Å². The molecule has 0 saturated carbocycles. The molecule has 21 heavy (non-hydrogen) atoms. The van der Waals surface area contributed by atoms with E-state index in [9.17, 15) is 4.79 Å². The van der Waals surface area contributed by atoms with Gasteiger partial charge in [-0.15, -0.1) is 0 Å². The first-order chi connectivity index (χ1) is 10.2. The summed E-state index contributed by atoms with van der Waals surface area (Å²) in [5.41, 5.74) is 7.18. The maximum atomic E-state index is 12.1. The number of hydrogen-bond donors (Lipinski definition) is 1. The van der Waals surface area contributed by atoms with Crippen molar-refractivity contribution in [3.05, 3.63) is 35.9 Å². The van der Waals surface area contributed by atoms with Gasteiger partial charge in [0.2, 0.25) is 5.91 Å². The van der Waals surface area contributed by atoms with Crippen molar-refractivity contribution >= 4 is 5.91 Å². The Morgan fingerprint density at radius 2 is 2.19 bits per heavy atom. The third-order valence-corrected chi connectivity index (χ3v) is 4.16. The van der Waals surface area contributed by atoms with E-state index in [0.29, 0.717) is 12.5 Å². The predicted molar refractivity (Wildman–Crippen MR) is 83.9 cm³/mol. The first-order valence-electron chi connectivity index (χ1n) is 7.82. The van der Waals surface area contributed by atoms with E-state index >= 15 is 0 Å². The third kappa shape index (κ3) is 5.14. The van der Waals surface area contributed by atoms with Gasteiger partial charge in [-0.05, 0) is 37.7 Å². The van der Waals surface area contributed by atoms with Crippen LogP contribution in [0.5, 0.6) is 0 Å². The average molecular weight is 290 g/mol. The number of amides is 1. The molecule has 0 aromatic heterocycles. The maximum absolute atomic E-state index is 12.1. The molecule has 2 atom stereocenters. The number of ether oxygens (including phenoxy) is 1. The van der Waals surface area contributed by atoms with Gasteiger partial charge in [0.15, 0.2) is 0 Å². The molecule has 1 aliphatic heterocycles. The second kappa shape index (κ2) is 8.15. The summed E-state index contributed by atoms with van der Waals surface area (Å²) in [6.07, 6.45) is 3.01. The molecule has 2 rings (SSSR count). The Morgan fingerprint density at radius 1 is 1.43 bits per heavy atom. The van der Waals surface area contributed by atoms with Gasteiger partial charge < -0.3 is 15.4 Å². The van der Waals surface area contributed by atoms with Crippen molar-refractivity contribution in [3.63, 3.8) is 0 Å².